The summed E-state index contributed by atoms with van der Waals surface area (Å²) in [4.78, 5) is 6.97. The highest BCUT2D eigenvalue weighted by Gasteiger charge is 2.27. The van der Waals surface area contributed by atoms with Crippen LogP contribution in [0.4, 0.5) is 5.00 Å². The highest BCUT2D eigenvalue weighted by Crippen LogP contribution is 2.34. The van der Waals surface area contributed by atoms with Crippen molar-refractivity contribution in [1.82, 2.24) is 4.98 Å². The van der Waals surface area contributed by atoms with Crippen LogP contribution in [0.15, 0.2) is 30.3 Å². The molecule has 1 atom stereocenters. The summed E-state index contributed by atoms with van der Waals surface area (Å²) in [7, 11) is 0. The molecule has 0 aliphatic carbocycles. The van der Waals surface area contributed by atoms with E-state index in [4.69, 9.17) is 4.98 Å². The number of nitriles is 1. The number of hydrogen-bond acceptors (Lipinski definition) is 4. The Labute approximate surface area is 136 Å². The molecule has 3 rings (SSSR count). The Balaban J connectivity index is 1.62. The first kappa shape index (κ1) is 15.1. The van der Waals surface area contributed by atoms with Crippen LogP contribution in [0.1, 0.15) is 35.5 Å². The van der Waals surface area contributed by atoms with Crippen LogP contribution >= 0.6 is 11.3 Å². The molecule has 0 radical (unpaired) electrons. The van der Waals surface area contributed by atoms with E-state index in [1.54, 1.807) is 11.3 Å². The van der Waals surface area contributed by atoms with Gasteiger partial charge in [0.25, 0.3) is 0 Å². The maximum absolute atomic E-state index is 9.26. The predicted molar refractivity (Wildman–Crippen MR) is 91.3 cm³/mol. The molecule has 1 aromatic carbocycles. The maximum Gasteiger partial charge on any atom is 0.117 e. The van der Waals surface area contributed by atoms with Crippen LogP contribution in [0.5, 0.6) is 0 Å². The van der Waals surface area contributed by atoms with E-state index < -0.39 is 0 Å². The van der Waals surface area contributed by atoms with Gasteiger partial charge < -0.3 is 4.90 Å². The summed E-state index contributed by atoms with van der Waals surface area (Å²) in [5.74, 6) is 0. The van der Waals surface area contributed by atoms with Crippen LogP contribution in [0.2, 0.25) is 0 Å². The van der Waals surface area contributed by atoms with Gasteiger partial charge in [-0.15, -0.1) is 11.3 Å². The fourth-order valence-electron chi connectivity index (χ4n) is 3.05. The van der Waals surface area contributed by atoms with E-state index in [0.717, 1.165) is 44.3 Å². The van der Waals surface area contributed by atoms with E-state index in [0.29, 0.717) is 0 Å². The first-order valence-electron chi connectivity index (χ1n) is 7.94. The standard InChI is InChI=1S/C18H21N3S/c1-14-18(21-12-6-10-16(21)13-19)22-17(20-14)11-5-9-15-7-3-2-4-8-15/h2-4,7-8,16H,5-6,9-12H2,1H3. The van der Waals surface area contributed by atoms with Crippen molar-refractivity contribution < 1.29 is 0 Å². The molecule has 2 aromatic rings. The lowest BCUT2D eigenvalue weighted by Crippen LogP contribution is -2.27. The molecule has 0 bridgehead atoms. The van der Waals surface area contributed by atoms with E-state index in [-0.39, 0.29) is 6.04 Å². The molecule has 4 heteroatoms. The largest absolute Gasteiger partial charge is 0.346 e. The van der Waals surface area contributed by atoms with Gasteiger partial charge >= 0.3 is 0 Å². The fraction of sp³-hybridized carbons (Fsp3) is 0.444. The van der Waals surface area contributed by atoms with Crippen LogP contribution in [-0.2, 0) is 12.8 Å². The monoisotopic (exact) mass is 311 g/mol. The third kappa shape index (κ3) is 3.31. The van der Waals surface area contributed by atoms with Crippen LogP contribution in [0.25, 0.3) is 0 Å². The van der Waals surface area contributed by atoms with E-state index in [2.05, 4.69) is 48.2 Å². The minimum absolute atomic E-state index is 0.0383. The molecule has 0 N–H and O–H groups in total. The number of aromatic nitrogens is 1. The molecule has 1 saturated heterocycles. The maximum atomic E-state index is 9.26. The van der Waals surface area contributed by atoms with E-state index >= 15 is 0 Å². The normalized spacial score (nSPS) is 17.6. The molecule has 2 heterocycles. The molecule has 22 heavy (non-hydrogen) atoms. The van der Waals surface area contributed by atoms with Crippen molar-refractivity contribution in [3.05, 3.63) is 46.6 Å². The number of hydrogen-bond donors (Lipinski definition) is 0. The Hall–Kier alpha value is -1.86. The molecule has 1 aliphatic heterocycles. The fourth-order valence-corrected chi connectivity index (χ4v) is 4.23. The highest BCUT2D eigenvalue weighted by molar-refractivity contribution is 7.15. The van der Waals surface area contributed by atoms with Crippen molar-refractivity contribution >= 4 is 16.3 Å². The lowest BCUT2D eigenvalue weighted by molar-refractivity contribution is 0.809. The molecule has 0 saturated carbocycles. The van der Waals surface area contributed by atoms with Gasteiger partial charge in [0.1, 0.15) is 11.0 Å². The molecule has 3 nitrogen and oxygen atoms in total. The number of nitrogens with zero attached hydrogens (tertiary/aromatic N) is 3. The van der Waals surface area contributed by atoms with Crippen molar-refractivity contribution in [2.75, 3.05) is 11.4 Å². The number of benzene rings is 1. The molecule has 0 amide bonds. The first-order chi connectivity index (χ1) is 10.8. The lowest BCUT2D eigenvalue weighted by Gasteiger charge is -2.19. The average molecular weight is 311 g/mol. The van der Waals surface area contributed by atoms with Gasteiger partial charge in [-0.25, -0.2) is 4.98 Å². The zero-order valence-electron chi connectivity index (χ0n) is 13.0. The van der Waals surface area contributed by atoms with E-state index in [1.807, 2.05) is 0 Å². The zero-order valence-corrected chi connectivity index (χ0v) is 13.8. The summed E-state index contributed by atoms with van der Waals surface area (Å²) in [6.45, 7) is 3.06. The Morgan fingerprint density at radius 3 is 2.91 bits per heavy atom. The molecule has 114 valence electrons. The second-order valence-corrected chi connectivity index (χ2v) is 6.88. The van der Waals surface area contributed by atoms with Crippen molar-refractivity contribution in [3.63, 3.8) is 0 Å². The SMILES string of the molecule is Cc1nc(CCCc2ccccc2)sc1N1CCCC1C#N. The van der Waals surface area contributed by atoms with E-state index in [9.17, 15) is 5.26 Å². The molecule has 0 spiro atoms. The summed E-state index contributed by atoms with van der Waals surface area (Å²) >= 11 is 1.77. The summed E-state index contributed by atoms with van der Waals surface area (Å²) in [5, 5.41) is 11.7. The van der Waals surface area contributed by atoms with Crippen molar-refractivity contribution in [3.8, 4) is 6.07 Å². The molecule has 1 aromatic heterocycles. The van der Waals surface area contributed by atoms with Gasteiger partial charge in [0, 0.05) is 6.54 Å². The van der Waals surface area contributed by atoms with Gasteiger partial charge in [-0.1, -0.05) is 30.3 Å². The van der Waals surface area contributed by atoms with Crippen LogP contribution in [0.3, 0.4) is 0 Å². The van der Waals surface area contributed by atoms with Crippen LogP contribution in [0, 0.1) is 18.3 Å². The quantitative estimate of drug-likeness (QED) is 0.834. The van der Waals surface area contributed by atoms with Gasteiger partial charge in [-0.3, -0.25) is 0 Å². The number of thiazole rings is 1. The van der Waals surface area contributed by atoms with E-state index in [1.165, 1.54) is 15.6 Å². The summed E-state index contributed by atoms with van der Waals surface area (Å²) in [5.41, 5.74) is 2.47. The predicted octanol–water partition coefficient (Wildman–Crippen LogP) is 4.12. The van der Waals surface area contributed by atoms with Crippen molar-refractivity contribution in [2.24, 2.45) is 0 Å². The molecule has 1 aliphatic rings. The van der Waals surface area contributed by atoms with Gasteiger partial charge in [0.2, 0.25) is 0 Å². The van der Waals surface area contributed by atoms with Gasteiger partial charge in [0.05, 0.1) is 16.8 Å². The van der Waals surface area contributed by atoms with Gasteiger partial charge in [-0.05, 0) is 44.6 Å². The smallest absolute Gasteiger partial charge is 0.117 e. The second-order valence-electron chi connectivity index (χ2n) is 5.82. The van der Waals surface area contributed by atoms with Crippen molar-refractivity contribution in [2.45, 2.75) is 45.1 Å². The lowest BCUT2D eigenvalue weighted by atomic mass is 10.1. The third-order valence-corrected chi connectivity index (χ3v) is 5.43. The van der Waals surface area contributed by atoms with Crippen LogP contribution in [-0.4, -0.2) is 17.6 Å². The molecular weight excluding hydrogens is 290 g/mol. The Kier molecular flexibility index (Phi) is 4.74. The van der Waals surface area contributed by atoms with Crippen LogP contribution < -0.4 is 4.90 Å². The Morgan fingerprint density at radius 2 is 2.14 bits per heavy atom. The summed E-state index contributed by atoms with van der Waals surface area (Å²) in [6.07, 6.45) is 5.33. The molecule has 1 unspecified atom stereocenters. The Bertz CT molecular complexity index is 657. The molecule has 1 fully saturated rings. The highest BCUT2D eigenvalue weighted by atomic mass is 32.1. The average Bonchev–Trinajstić information content (AvgIpc) is 3.14. The molecular formula is C18H21N3S. The third-order valence-electron chi connectivity index (χ3n) is 4.18. The number of anilines is 1. The zero-order chi connectivity index (χ0) is 15.4. The minimum atomic E-state index is 0.0383. The van der Waals surface area contributed by atoms with Gasteiger partial charge in [0.15, 0.2) is 0 Å². The van der Waals surface area contributed by atoms with Gasteiger partial charge in [-0.2, -0.15) is 5.26 Å². The first-order valence-corrected chi connectivity index (χ1v) is 8.76. The summed E-state index contributed by atoms with van der Waals surface area (Å²) < 4.78 is 0. The topological polar surface area (TPSA) is 39.9 Å². The summed E-state index contributed by atoms with van der Waals surface area (Å²) in [6, 6.07) is 13.1. The number of rotatable bonds is 5. The van der Waals surface area contributed by atoms with Crippen molar-refractivity contribution in [1.29, 1.82) is 5.26 Å². The second kappa shape index (κ2) is 6.93. The minimum Gasteiger partial charge on any atom is -0.346 e. The number of aryl methyl sites for hydroxylation is 3. The Morgan fingerprint density at radius 1 is 1.32 bits per heavy atom.